The summed E-state index contributed by atoms with van der Waals surface area (Å²) in [5.41, 5.74) is 1.50. The van der Waals surface area contributed by atoms with Gasteiger partial charge in [-0.1, -0.05) is 32.0 Å². The highest BCUT2D eigenvalue weighted by Gasteiger charge is 2.21. The van der Waals surface area contributed by atoms with E-state index >= 15 is 0 Å². The van der Waals surface area contributed by atoms with Crippen molar-refractivity contribution in [3.05, 3.63) is 29.8 Å². The number of rotatable bonds is 8. The molecule has 2 rings (SSSR count). The summed E-state index contributed by atoms with van der Waals surface area (Å²) < 4.78 is 0. The van der Waals surface area contributed by atoms with E-state index in [4.69, 9.17) is 0 Å². The maximum atomic E-state index is 3.85. The van der Waals surface area contributed by atoms with Gasteiger partial charge in [-0.05, 0) is 63.2 Å². The van der Waals surface area contributed by atoms with E-state index in [1.165, 1.54) is 55.1 Å². The predicted molar refractivity (Wildman–Crippen MR) is 94.1 cm³/mol. The van der Waals surface area contributed by atoms with Gasteiger partial charge in [0.25, 0.3) is 0 Å². The zero-order valence-corrected chi connectivity index (χ0v) is 14.6. The molecule has 0 radical (unpaired) electrons. The summed E-state index contributed by atoms with van der Waals surface area (Å²) >= 11 is 2.00. The lowest BCUT2D eigenvalue weighted by molar-refractivity contribution is 0.287. The molecule has 0 bridgehead atoms. The molecule has 0 amide bonds. The second-order valence-corrected chi connectivity index (χ2v) is 7.10. The highest BCUT2D eigenvalue weighted by Crippen LogP contribution is 2.36. The van der Waals surface area contributed by atoms with Gasteiger partial charge in [0.1, 0.15) is 0 Å². The fraction of sp³-hybridized carbons (Fsp3) is 0.667. The summed E-state index contributed by atoms with van der Waals surface area (Å²) in [6.07, 6.45) is 3.81. The average molecular weight is 307 g/mol. The molecule has 1 aliphatic rings. The summed E-state index contributed by atoms with van der Waals surface area (Å²) in [5, 5.41) is 3.85. The largest absolute Gasteiger partial charge is 0.307 e. The molecular formula is C18H30N2S. The minimum Gasteiger partial charge on any atom is -0.307 e. The first-order valence-electron chi connectivity index (χ1n) is 8.44. The molecule has 2 unspecified atom stereocenters. The smallest absolute Gasteiger partial charge is 0.0341 e. The van der Waals surface area contributed by atoms with E-state index in [1.807, 2.05) is 11.8 Å². The van der Waals surface area contributed by atoms with Crippen LogP contribution in [0.1, 0.15) is 51.6 Å². The molecule has 3 heteroatoms. The van der Waals surface area contributed by atoms with E-state index in [0.717, 1.165) is 0 Å². The summed E-state index contributed by atoms with van der Waals surface area (Å²) in [6, 6.07) is 10.0. The SMILES string of the molecule is CCN(CC)CCCC(C)NC1CCSc2ccccc21. The Morgan fingerprint density at radius 3 is 2.81 bits per heavy atom. The number of fused-ring (bicyclic) bond motifs is 1. The van der Waals surface area contributed by atoms with Crippen LogP contribution in [-0.2, 0) is 0 Å². The highest BCUT2D eigenvalue weighted by atomic mass is 32.2. The van der Waals surface area contributed by atoms with E-state index in [0.29, 0.717) is 12.1 Å². The van der Waals surface area contributed by atoms with Crippen molar-refractivity contribution in [3.8, 4) is 0 Å². The van der Waals surface area contributed by atoms with Gasteiger partial charge in [-0.25, -0.2) is 0 Å². The average Bonchev–Trinajstić information content (AvgIpc) is 2.52. The number of benzene rings is 1. The van der Waals surface area contributed by atoms with Crippen LogP contribution in [0, 0.1) is 0 Å². The van der Waals surface area contributed by atoms with Crippen molar-refractivity contribution in [1.29, 1.82) is 0 Å². The lowest BCUT2D eigenvalue weighted by Crippen LogP contribution is -2.33. The van der Waals surface area contributed by atoms with Crippen molar-refractivity contribution < 1.29 is 0 Å². The van der Waals surface area contributed by atoms with E-state index in [1.54, 1.807) is 0 Å². The zero-order chi connectivity index (χ0) is 15.1. The van der Waals surface area contributed by atoms with E-state index in [2.05, 4.69) is 55.3 Å². The Labute approximate surface area is 134 Å². The Hall–Kier alpha value is -0.510. The van der Waals surface area contributed by atoms with Crippen molar-refractivity contribution in [1.82, 2.24) is 10.2 Å². The van der Waals surface area contributed by atoms with Gasteiger partial charge in [-0.3, -0.25) is 0 Å². The van der Waals surface area contributed by atoms with Gasteiger partial charge in [0, 0.05) is 17.0 Å². The highest BCUT2D eigenvalue weighted by molar-refractivity contribution is 7.99. The van der Waals surface area contributed by atoms with Gasteiger partial charge in [0.15, 0.2) is 0 Å². The molecule has 1 aromatic rings. The first kappa shape index (κ1) is 16.9. The molecule has 1 N–H and O–H groups in total. The topological polar surface area (TPSA) is 15.3 Å². The molecular weight excluding hydrogens is 276 g/mol. The molecule has 1 aromatic carbocycles. The summed E-state index contributed by atoms with van der Waals surface area (Å²) in [4.78, 5) is 3.98. The molecule has 0 aromatic heterocycles. The maximum Gasteiger partial charge on any atom is 0.0341 e. The van der Waals surface area contributed by atoms with Crippen LogP contribution in [0.15, 0.2) is 29.2 Å². The molecule has 0 fully saturated rings. The normalized spacial score (nSPS) is 19.5. The van der Waals surface area contributed by atoms with Crippen LogP contribution in [0.5, 0.6) is 0 Å². The monoisotopic (exact) mass is 306 g/mol. The van der Waals surface area contributed by atoms with Gasteiger partial charge in [-0.15, -0.1) is 11.8 Å². The molecule has 2 atom stereocenters. The van der Waals surface area contributed by atoms with Crippen LogP contribution in [0.3, 0.4) is 0 Å². The van der Waals surface area contributed by atoms with Crippen LogP contribution < -0.4 is 5.32 Å². The molecule has 0 saturated heterocycles. The summed E-state index contributed by atoms with van der Waals surface area (Å²) in [7, 11) is 0. The molecule has 0 spiro atoms. The third kappa shape index (κ3) is 5.01. The maximum absolute atomic E-state index is 3.85. The molecule has 21 heavy (non-hydrogen) atoms. The first-order valence-corrected chi connectivity index (χ1v) is 9.43. The molecule has 0 saturated carbocycles. The molecule has 2 nitrogen and oxygen atoms in total. The third-order valence-electron chi connectivity index (χ3n) is 4.45. The quantitative estimate of drug-likeness (QED) is 0.770. The lowest BCUT2D eigenvalue weighted by atomic mass is 10.0. The predicted octanol–water partition coefficient (Wildman–Crippen LogP) is 4.32. The van der Waals surface area contributed by atoms with Gasteiger partial charge in [-0.2, -0.15) is 0 Å². The van der Waals surface area contributed by atoms with Crippen molar-refractivity contribution in [3.63, 3.8) is 0 Å². The van der Waals surface area contributed by atoms with E-state index in [-0.39, 0.29) is 0 Å². The molecule has 1 aliphatic heterocycles. The molecule has 0 aliphatic carbocycles. The zero-order valence-electron chi connectivity index (χ0n) is 13.8. The lowest BCUT2D eigenvalue weighted by Gasteiger charge is -2.29. The second-order valence-electron chi connectivity index (χ2n) is 5.96. The Balaban J connectivity index is 1.79. The van der Waals surface area contributed by atoms with Crippen LogP contribution in [0.25, 0.3) is 0 Å². The Morgan fingerprint density at radius 2 is 2.05 bits per heavy atom. The van der Waals surface area contributed by atoms with Crippen LogP contribution in [-0.4, -0.2) is 36.3 Å². The molecule has 118 valence electrons. The third-order valence-corrected chi connectivity index (χ3v) is 5.57. The Kier molecular flexibility index (Phi) is 7.08. The van der Waals surface area contributed by atoms with Gasteiger partial charge < -0.3 is 10.2 Å². The van der Waals surface area contributed by atoms with Gasteiger partial charge in [0.05, 0.1) is 0 Å². The number of hydrogen-bond acceptors (Lipinski definition) is 3. The van der Waals surface area contributed by atoms with Crippen molar-refractivity contribution in [2.45, 2.75) is 57.0 Å². The Bertz CT molecular complexity index is 417. The van der Waals surface area contributed by atoms with Crippen molar-refractivity contribution >= 4 is 11.8 Å². The van der Waals surface area contributed by atoms with Crippen molar-refractivity contribution in [2.75, 3.05) is 25.4 Å². The second kappa shape index (κ2) is 8.82. The van der Waals surface area contributed by atoms with E-state index < -0.39 is 0 Å². The fourth-order valence-corrected chi connectivity index (χ4v) is 4.23. The van der Waals surface area contributed by atoms with Crippen LogP contribution >= 0.6 is 11.8 Å². The number of hydrogen-bond donors (Lipinski definition) is 1. The summed E-state index contributed by atoms with van der Waals surface area (Å²) in [6.45, 7) is 10.4. The van der Waals surface area contributed by atoms with Gasteiger partial charge in [0.2, 0.25) is 0 Å². The standard InChI is InChI=1S/C18H30N2S/c1-4-20(5-2)13-8-9-15(3)19-17-12-14-21-18-11-7-6-10-16(17)18/h6-7,10-11,15,17,19H,4-5,8-9,12-14H2,1-3H3. The Morgan fingerprint density at radius 1 is 1.29 bits per heavy atom. The minimum absolute atomic E-state index is 0.547. The fourth-order valence-electron chi connectivity index (χ4n) is 3.10. The van der Waals surface area contributed by atoms with Crippen LogP contribution in [0.2, 0.25) is 0 Å². The number of nitrogens with zero attached hydrogens (tertiary/aromatic N) is 1. The van der Waals surface area contributed by atoms with Crippen molar-refractivity contribution in [2.24, 2.45) is 0 Å². The van der Waals surface area contributed by atoms with Gasteiger partial charge >= 0.3 is 0 Å². The minimum atomic E-state index is 0.547. The molecule has 1 heterocycles. The first-order chi connectivity index (χ1) is 10.2. The van der Waals surface area contributed by atoms with Crippen LogP contribution in [0.4, 0.5) is 0 Å². The summed E-state index contributed by atoms with van der Waals surface area (Å²) in [5.74, 6) is 1.24. The number of thioether (sulfide) groups is 1. The number of nitrogens with one attached hydrogen (secondary N) is 1. The van der Waals surface area contributed by atoms with E-state index in [9.17, 15) is 0 Å².